The number of ketones is 1. The molecule has 0 aliphatic heterocycles. The van der Waals surface area contributed by atoms with E-state index in [2.05, 4.69) is 14.9 Å². The number of nitrogens with zero attached hydrogens (tertiary/aromatic N) is 3. The maximum Gasteiger partial charge on any atom is 0.180 e. The highest BCUT2D eigenvalue weighted by Gasteiger charge is 2.13. The number of rotatable bonds is 7. The fraction of sp³-hybridized carbons (Fsp3) is 0.267. The van der Waals surface area contributed by atoms with Crippen molar-refractivity contribution in [3.05, 3.63) is 58.6 Å². The van der Waals surface area contributed by atoms with Gasteiger partial charge in [-0.15, -0.1) is 11.3 Å². The highest BCUT2D eigenvalue weighted by Crippen LogP contribution is 2.19. The van der Waals surface area contributed by atoms with Gasteiger partial charge in [0.15, 0.2) is 18.6 Å². The van der Waals surface area contributed by atoms with Crippen LogP contribution < -0.4 is 0 Å². The number of aromatic nitrogens is 2. The largest absolute Gasteiger partial charge is 0.451 e. The predicted molar refractivity (Wildman–Crippen MR) is 80.3 cm³/mol. The highest BCUT2D eigenvalue weighted by atomic mass is 32.1. The van der Waals surface area contributed by atoms with Crippen molar-refractivity contribution in [2.24, 2.45) is 0 Å². The van der Waals surface area contributed by atoms with E-state index in [1.807, 2.05) is 11.4 Å². The van der Waals surface area contributed by atoms with Gasteiger partial charge in [-0.1, -0.05) is 0 Å². The van der Waals surface area contributed by atoms with E-state index >= 15 is 0 Å². The summed E-state index contributed by atoms with van der Waals surface area (Å²) in [5, 5.41) is 2.01. The van der Waals surface area contributed by atoms with Gasteiger partial charge < -0.3 is 8.83 Å². The van der Waals surface area contributed by atoms with E-state index < -0.39 is 0 Å². The van der Waals surface area contributed by atoms with Crippen LogP contribution in [0.25, 0.3) is 0 Å². The molecule has 0 aliphatic rings. The summed E-state index contributed by atoms with van der Waals surface area (Å²) in [6.45, 7) is 3.55. The summed E-state index contributed by atoms with van der Waals surface area (Å²) >= 11 is 1.47. The van der Waals surface area contributed by atoms with Crippen LogP contribution >= 0.6 is 11.3 Å². The zero-order valence-electron chi connectivity index (χ0n) is 12.1. The van der Waals surface area contributed by atoms with Crippen molar-refractivity contribution in [2.75, 3.05) is 0 Å². The average Bonchev–Trinajstić information content (AvgIpc) is 3.19. The average molecular weight is 317 g/mol. The first-order chi connectivity index (χ1) is 10.7. The molecule has 0 saturated carbocycles. The Kier molecular flexibility index (Phi) is 4.45. The molecule has 0 radical (unpaired) electrons. The van der Waals surface area contributed by atoms with E-state index in [9.17, 15) is 4.79 Å². The predicted octanol–water partition coefficient (Wildman–Crippen LogP) is 3.13. The van der Waals surface area contributed by atoms with Crippen LogP contribution in [0.2, 0.25) is 0 Å². The summed E-state index contributed by atoms with van der Waals surface area (Å²) in [5.41, 5.74) is 2.80. The molecule has 3 aromatic heterocycles. The van der Waals surface area contributed by atoms with Gasteiger partial charge >= 0.3 is 0 Å². The number of hydrogen-bond donors (Lipinski definition) is 0. The summed E-state index contributed by atoms with van der Waals surface area (Å²) in [7, 11) is 0. The third kappa shape index (κ3) is 3.69. The second-order valence-electron chi connectivity index (χ2n) is 4.98. The van der Waals surface area contributed by atoms with Gasteiger partial charge in [0.2, 0.25) is 0 Å². The zero-order valence-corrected chi connectivity index (χ0v) is 12.9. The summed E-state index contributed by atoms with van der Waals surface area (Å²) < 4.78 is 10.0. The van der Waals surface area contributed by atoms with E-state index in [0.717, 1.165) is 21.8 Å². The smallest absolute Gasteiger partial charge is 0.180 e. The van der Waals surface area contributed by atoms with Gasteiger partial charge in [-0.3, -0.25) is 9.69 Å². The lowest BCUT2D eigenvalue weighted by molar-refractivity contribution is 0.102. The van der Waals surface area contributed by atoms with Gasteiger partial charge in [0.1, 0.15) is 12.5 Å². The van der Waals surface area contributed by atoms with E-state index in [0.29, 0.717) is 19.6 Å². The third-order valence-corrected chi connectivity index (χ3v) is 4.22. The minimum Gasteiger partial charge on any atom is -0.451 e. The van der Waals surface area contributed by atoms with Gasteiger partial charge in [0.25, 0.3) is 0 Å². The van der Waals surface area contributed by atoms with Gasteiger partial charge in [0, 0.05) is 19.6 Å². The molecule has 0 atom stereocenters. The van der Waals surface area contributed by atoms with Crippen LogP contribution in [0.15, 0.2) is 45.6 Å². The van der Waals surface area contributed by atoms with Crippen molar-refractivity contribution in [1.82, 2.24) is 14.9 Å². The Hall–Kier alpha value is -2.25. The fourth-order valence-corrected chi connectivity index (χ4v) is 2.96. The summed E-state index contributed by atoms with van der Waals surface area (Å²) in [6.07, 6.45) is 6.10. The van der Waals surface area contributed by atoms with Crippen molar-refractivity contribution in [1.29, 1.82) is 0 Å². The van der Waals surface area contributed by atoms with Crippen LogP contribution in [-0.2, 0) is 19.6 Å². The SMILES string of the molecule is CC(=O)c1cc(CN(Cc2cocn2)Cc2cocn2)cs1. The quantitative estimate of drug-likeness (QED) is 0.623. The van der Waals surface area contributed by atoms with Crippen LogP contribution in [-0.4, -0.2) is 20.7 Å². The Morgan fingerprint density at radius 2 is 1.77 bits per heavy atom. The Balaban J connectivity index is 1.73. The number of carbonyl (C=O) groups excluding carboxylic acids is 1. The molecule has 3 aromatic rings. The molecule has 22 heavy (non-hydrogen) atoms. The summed E-state index contributed by atoms with van der Waals surface area (Å²) in [6, 6.07) is 1.94. The molecule has 0 aromatic carbocycles. The second-order valence-corrected chi connectivity index (χ2v) is 5.89. The molecule has 0 fully saturated rings. The maximum atomic E-state index is 11.4. The first kappa shape index (κ1) is 14.7. The van der Waals surface area contributed by atoms with Crippen molar-refractivity contribution >= 4 is 17.1 Å². The second kappa shape index (κ2) is 6.67. The molecular weight excluding hydrogens is 302 g/mol. The van der Waals surface area contributed by atoms with E-state index in [1.165, 1.54) is 24.1 Å². The molecule has 114 valence electrons. The Morgan fingerprint density at radius 1 is 1.14 bits per heavy atom. The van der Waals surface area contributed by atoms with E-state index in [4.69, 9.17) is 8.83 Å². The number of thiophene rings is 1. The van der Waals surface area contributed by atoms with Gasteiger partial charge in [0.05, 0.1) is 16.3 Å². The maximum absolute atomic E-state index is 11.4. The number of Topliss-reactive ketones (excluding diaryl/α,β-unsaturated/α-hetero) is 1. The summed E-state index contributed by atoms with van der Waals surface area (Å²) in [5.74, 6) is 0.0933. The first-order valence-electron chi connectivity index (χ1n) is 6.75. The van der Waals surface area contributed by atoms with Crippen molar-refractivity contribution < 1.29 is 13.6 Å². The normalized spacial score (nSPS) is 11.2. The van der Waals surface area contributed by atoms with Crippen LogP contribution in [0.1, 0.15) is 33.5 Å². The molecule has 0 bridgehead atoms. The van der Waals surface area contributed by atoms with Gasteiger partial charge in [-0.25, -0.2) is 9.97 Å². The molecule has 3 rings (SSSR count). The fourth-order valence-electron chi connectivity index (χ4n) is 2.16. The standard InChI is InChI=1S/C15H15N3O3S/c1-11(19)15-2-12(8-22-15)3-18(4-13-6-20-9-16-13)5-14-7-21-10-17-14/h2,6-10H,3-5H2,1H3. The molecule has 7 heteroatoms. The van der Waals surface area contributed by atoms with Gasteiger partial charge in [-0.2, -0.15) is 0 Å². The van der Waals surface area contributed by atoms with E-state index in [1.54, 1.807) is 19.5 Å². The van der Waals surface area contributed by atoms with Crippen molar-refractivity contribution in [3.8, 4) is 0 Å². The number of carbonyl (C=O) groups is 1. The van der Waals surface area contributed by atoms with Crippen LogP contribution in [0.5, 0.6) is 0 Å². The topological polar surface area (TPSA) is 72.4 Å². The van der Waals surface area contributed by atoms with Crippen molar-refractivity contribution in [2.45, 2.75) is 26.6 Å². The molecule has 0 N–H and O–H groups in total. The third-order valence-electron chi connectivity index (χ3n) is 3.15. The Labute approximate surface area is 131 Å². The molecule has 0 amide bonds. The lowest BCUT2D eigenvalue weighted by Gasteiger charge is -2.19. The highest BCUT2D eigenvalue weighted by molar-refractivity contribution is 7.12. The Bertz CT molecular complexity index is 683. The summed E-state index contributed by atoms with van der Waals surface area (Å²) in [4.78, 5) is 22.7. The molecule has 3 heterocycles. The van der Waals surface area contributed by atoms with Crippen LogP contribution in [0, 0.1) is 0 Å². The van der Waals surface area contributed by atoms with Crippen molar-refractivity contribution in [3.63, 3.8) is 0 Å². The minimum atomic E-state index is 0.0933. The zero-order chi connectivity index (χ0) is 15.4. The first-order valence-corrected chi connectivity index (χ1v) is 7.63. The molecule has 0 spiro atoms. The molecule has 6 nitrogen and oxygen atoms in total. The monoisotopic (exact) mass is 317 g/mol. The molecule has 0 unspecified atom stereocenters. The van der Waals surface area contributed by atoms with Gasteiger partial charge in [-0.05, 0) is 23.9 Å². The van der Waals surface area contributed by atoms with Crippen LogP contribution in [0.4, 0.5) is 0 Å². The van der Waals surface area contributed by atoms with E-state index in [-0.39, 0.29) is 5.78 Å². The minimum absolute atomic E-state index is 0.0933. The number of oxazole rings is 2. The lowest BCUT2D eigenvalue weighted by atomic mass is 10.2. The van der Waals surface area contributed by atoms with Crippen LogP contribution in [0.3, 0.4) is 0 Å². The Morgan fingerprint density at radius 3 is 2.23 bits per heavy atom. The molecule has 0 aliphatic carbocycles. The molecular formula is C15H15N3O3S. The molecule has 0 saturated heterocycles. The lowest BCUT2D eigenvalue weighted by Crippen LogP contribution is -2.22. The number of hydrogen-bond acceptors (Lipinski definition) is 7.